The maximum absolute atomic E-state index is 12.4. The highest BCUT2D eigenvalue weighted by Gasteiger charge is 2.30. The predicted octanol–water partition coefficient (Wildman–Crippen LogP) is 4.18. The number of nitrogens with one attached hydrogen (secondary N) is 2. The van der Waals surface area contributed by atoms with E-state index in [1.807, 2.05) is 52.4 Å². The van der Waals surface area contributed by atoms with E-state index in [1.54, 1.807) is 11.3 Å². The first-order chi connectivity index (χ1) is 10.7. The molecule has 7 heteroatoms. The lowest BCUT2D eigenvalue weighted by Gasteiger charge is -2.26. The van der Waals surface area contributed by atoms with Gasteiger partial charge in [-0.05, 0) is 35.8 Å². The molecular formula is C15H11N3OS3. The molecule has 0 fully saturated rings. The van der Waals surface area contributed by atoms with Gasteiger partial charge in [-0.3, -0.25) is 9.36 Å². The minimum Gasteiger partial charge on any atom is -0.345 e. The number of fused-ring (bicyclic) bond motifs is 1. The molecule has 2 aromatic heterocycles. The fourth-order valence-electron chi connectivity index (χ4n) is 2.44. The molecule has 3 aromatic rings. The zero-order chi connectivity index (χ0) is 15.1. The fourth-order valence-corrected chi connectivity index (χ4v) is 4.47. The Kier molecular flexibility index (Phi) is 3.33. The second-order valence-corrected chi connectivity index (χ2v) is 7.41. The van der Waals surface area contributed by atoms with Crippen LogP contribution >= 0.6 is 34.9 Å². The number of hydrogen-bond donors (Lipinski definition) is 2. The van der Waals surface area contributed by atoms with Crippen LogP contribution in [0, 0.1) is 3.95 Å². The largest absolute Gasteiger partial charge is 0.345 e. The molecule has 4 rings (SSSR count). The van der Waals surface area contributed by atoms with Crippen LogP contribution in [0.1, 0.15) is 20.7 Å². The van der Waals surface area contributed by atoms with E-state index in [1.165, 1.54) is 11.3 Å². The summed E-state index contributed by atoms with van der Waals surface area (Å²) in [6.45, 7) is 0. The molecule has 0 bridgehead atoms. The van der Waals surface area contributed by atoms with Crippen LogP contribution in [-0.4, -0.2) is 10.5 Å². The monoisotopic (exact) mass is 345 g/mol. The zero-order valence-electron chi connectivity index (χ0n) is 11.3. The highest BCUT2D eigenvalue weighted by Crippen LogP contribution is 2.35. The third kappa shape index (κ3) is 2.18. The summed E-state index contributed by atoms with van der Waals surface area (Å²) in [5.74, 6) is 0.682. The number of anilines is 1. The zero-order valence-corrected chi connectivity index (χ0v) is 13.7. The normalized spacial score (nSPS) is 16.7. The molecule has 22 heavy (non-hydrogen) atoms. The van der Waals surface area contributed by atoms with E-state index in [4.69, 9.17) is 12.2 Å². The summed E-state index contributed by atoms with van der Waals surface area (Å²) < 4.78 is 2.58. The molecule has 1 aromatic carbocycles. The van der Waals surface area contributed by atoms with Gasteiger partial charge in [-0.15, -0.1) is 11.3 Å². The second-order valence-electron chi connectivity index (χ2n) is 4.78. The van der Waals surface area contributed by atoms with Gasteiger partial charge in [0.05, 0.1) is 0 Å². The lowest BCUT2D eigenvalue weighted by atomic mass is 10.2. The Morgan fingerprint density at radius 1 is 1.09 bits per heavy atom. The Morgan fingerprint density at radius 2 is 1.91 bits per heavy atom. The molecule has 1 amide bonds. The first-order valence-electron chi connectivity index (χ1n) is 6.66. The van der Waals surface area contributed by atoms with Crippen LogP contribution in [0.2, 0.25) is 0 Å². The van der Waals surface area contributed by atoms with Gasteiger partial charge in [-0.1, -0.05) is 35.6 Å². The van der Waals surface area contributed by atoms with Crippen LogP contribution in [0.5, 0.6) is 0 Å². The number of para-hydroxylation sites is 1. The number of benzene rings is 1. The lowest BCUT2D eigenvalue weighted by molar-refractivity contribution is 0.0940. The number of rotatable bonds is 2. The van der Waals surface area contributed by atoms with Crippen molar-refractivity contribution in [2.75, 3.05) is 5.32 Å². The Balaban J connectivity index is 1.85. The molecular weight excluding hydrogens is 334 g/mol. The SMILES string of the molecule is O=C1NC(c2cccs2)Nc2c1sc(=S)n2-c1ccccc1. The average Bonchev–Trinajstić information content (AvgIpc) is 3.15. The molecule has 0 aliphatic carbocycles. The van der Waals surface area contributed by atoms with Crippen molar-refractivity contribution in [3.63, 3.8) is 0 Å². The molecule has 2 N–H and O–H groups in total. The van der Waals surface area contributed by atoms with Crippen molar-refractivity contribution in [2.45, 2.75) is 6.17 Å². The quantitative estimate of drug-likeness (QED) is 0.685. The molecule has 0 saturated heterocycles. The minimum atomic E-state index is -0.223. The van der Waals surface area contributed by atoms with E-state index in [-0.39, 0.29) is 12.1 Å². The van der Waals surface area contributed by atoms with Crippen LogP contribution in [0.25, 0.3) is 5.69 Å². The van der Waals surface area contributed by atoms with Crippen LogP contribution in [0.15, 0.2) is 47.8 Å². The van der Waals surface area contributed by atoms with Crippen molar-refractivity contribution in [1.82, 2.24) is 9.88 Å². The van der Waals surface area contributed by atoms with Crippen LogP contribution in [0.3, 0.4) is 0 Å². The topological polar surface area (TPSA) is 46.1 Å². The lowest BCUT2D eigenvalue weighted by Crippen LogP contribution is -2.38. The Labute approximate surface area is 140 Å². The molecule has 3 heterocycles. The van der Waals surface area contributed by atoms with E-state index in [2.05, 4.69) is 10.6 Å². The molecule has 1 atom stereocenters. The minimum absolute atomic E-state index is 0.0852. The highest BCUT2D eigenvalue weighted by molar-refractivity contribution is 7.73. The summed E-state index contributed by atoms with van der Waals surface area (Å²) in [5, 5.41) is 8.38. The van der Waals surface area contributed by atoms with E-state index >= 15 is 0 Å². The number of amides is 1. The number of hydrogen-bond acceptors (Lipinski definition) is 5. The van der Waals surface area contributed by atoms with Gasteiger partial charge >= 0.3 is 0 Å². The summed E-state index contributed by atoms with van der Waals surface area (Å²) >= 11 is 8.39. The maximum atomic E-state index is 12.4. The molecule has 0 radical (unpaired) electrons. The highest BCUT2D eigenvalue weighted by atomic mass is 32.1. The predicted molar refractivity (Wildman–Crippen MR) is 92.6 cm³/mol. The van der Waals surface area contributed by atoms with Crippen molar-refractivity contribution >= 4 is 46.6 Å². The first-order valence-corrected chi connectivity index (χ1v) is 8.76. The van der Waals surface area contributed by atoms with E-state index < -0.39 is 0 Å². The summed E-state index contributed by atoms with van der Waals surface area (Å²) in [6, 6.07) is 13.8. The third-order valence-electron chi connectivity index (χ3n) is 3.42. The van der Waals surface area contributed by atoms with Crippen molar-refractivity contribution < 1.29 is 4.79 Å². The van der Waals surface area contributed by atoms with Crippen LogP contribution in [0.4, 0.5) is 5.82 Å². The molecule has 1 unspecified atom stereocenters. The van der Waals surface area contributed by atoms with Gasteiger partial charge in [-0.25, -0.2) is 0 Å². The van der Waals surface area contributed by atoms with Gasteiger partial charge in [0.1, 0.15) is 16.9 Å². The van der Waals surface area contributed by atoms with Gasteiger partial charge in [-0.2, -0.15) is 0 Å². The average molecular weight is 345 g/mol. The summed E-state index contributed by atoms with van der Waals surface area (Å²) in [6.07, 6.45) is -0.223. The van der Waals surface area contributed by atoms with Gasteiger partial charge in [0.25, 0.3) is 5.91 Å². The van der Waals surface area contributed by atoms with E-state index in [0.717, 1.165) is 16.4 Å². The number of carbonyl (C=O) groups excluding carboxylic acids is 1. The Morgan fingerprint density at radius 3 is 2.64 bits per heavy atom. The molecule has 0 saturated carbocycles. The van der Waals surface area contributed by atoms with E-state index in [0.29, 0.717) is 8.83 Å². The van der Waals surface area contributed by atoms with Crippen LogP contribution in [-0.2, 0) is 0 Å². The number of thiophene rings is 1. The van der Waals surface area contributed by atoms with Gasteiger partial charge in [0, 0.05) is 10.6 Å². The fraction of sp³-hybridized carbons (Fsp3) is 0.0667. The Hall–Kier alpha value is -1.96. The van der Waals surface area contributed by atoms with Gasteiger partial charge in [0.2, 0.25) is 0 Å². The van der Waals surface area contributed by atoms with Gasteiger partial charge in [0.15, 0.2) is 3.95 Å². The molecule has 1 aliphatic rings. The summed E-state index contributed by atoms with van der Waals surface area (Å²) in [4.78, 5) is 14.1. The third-order valence-corrected chi connectivity index (χ3v) is 5.73. The van der Waals surface area contributed by atoms with Crippen molar-refractivity contribution in [3.05, 3.63) is 61.6 Å². The number of carbonyl (C=O) groups is 1. The number of aromatic nitrogens is 1. The number of nitrogens with zero attached hydrogens (tertiary/aromatic N) is 1. The second kappa shape index (κ2) is 5.35. The number of thiazole rings is 1. The standard InChI is InChI=1S/C15H11N3OS3/c19-14-11-13(16-12(17-14)10-7-4-8-21-10)18(15(20)22-11)9-5-2-1-3-6-9/h1-8,12,16H,(H,17,19). The smallest absolute Gasteiger partial charge is 0.267 e. The molecule has 0 spiro atoms. The van der Waals surface area contributed by atoms with Crippen molar-refractivity contribution in [3.8, 4) is 5.69 Å². The molecule has 1 aliphatic heterocycles. The first kappa shape index (κ1) is 13.7. The summed E-state index contributed by atoms with van der Waals surface area (Å²) in [5.41, 5.74) is 0.956. The van der Waals surface area contributed by atoms with Crippen molar-refractivity contribution in [1.29, 1.82) is 0 Å². The van der Waals surface area contributed by atoms with Gasteiger partial charge < -0.3 is 10.6 Å². The Bertz CT molecular complexity index is 881. The molecule has 4 nitrogen and oxygen atoms in total. The van der Waals surface area contributed by atoms with Crippen molar-refractivity contribution in [2.24, 2.45) is 0 Å². The summed E-state index contributed by atoms with van der Waals surface area (Å²) in [7, 11) is 0. The van der Waals surface area contributed by atoms with E-state index in [9.17, 15) is 4.79 Å². The van der Waals surface area contributed by atoms with Crippen LogP contribution < -0.4 is 10.6 Å². The molecule has 110 valence electrons. The maximum Gasteiger partial charge on any atom is 0.267 e.